The van der Waals surface area contributed by atoms with Gasteiger partial charge >= 0.3 is 6.18 Å². The van der Waals surface area contributed by atoms with Crippen molar-refractivity contribution in [1.82, 2.24) is 14.9 Å². The lowest BCUT2D eigenvalue weighted by Gasteiger charge is -2.28. The van der Waals surface area contributed by atoms with Crippen molar-refractivity contribution >= 4 is 16.8 Å². The predicted molar refractivity (Wildman–Crippen MR) is 131 cm³/mol. The Morgan fingerprint density at radius 3 is 2.47 bits per heavy atom. The molecule has 2 aromatic heterocycles. The quantitative estimate of drug-likeness (QED) is 0.316. The van der Waals surface area contributed by atoms with Crippen LogP contribution in [0, 0.1) is 0 Å². The number of aromatic nitrogens is 2. The molecule has 2 aromatic carbocycles. The van der Waals surface area contributed by atoms with E-state index in [0.717, 1.165) is 28.8 Å². The van der Waals surface area contributed by atoms with Gasteiger partial charge in [-0.1, -0.05) is 6.07 Å². The van der Waals surface area contributed by atoms with Crippen molar-refractivity contribution in [3.63, 3.8) is 0 Å². The number of halogens is 5. The number of benzene rings is 2. The highest BCUT2D eigenvalue weighted by Gasteiger charge is 2.40. The molecule has 0 fully saturated rings. The number of amides is 1. The smallest absolute Gasteiger partial charge is 0.344 e. The van der Waals surface area contributed by atoms with Crippen LogP contribution in [0.1, 0.15) is 58.5 Å². The van der Waals surface area contributed by atoms with E-state index < -0.39 is 47.2 Å². The summed E-state index contributed by atoms with van der Waals surface area (Å²) in [5.74, 6) is -3.83. The molecule has 1 aliphatic rings. The summed E-state index contributed by atoms with van der Waals surface area (Å²) < 4.78 is 70.8. The van der Waals surface area contributed by atoms with Gasteiger partial charge in [0.1, 0.15) is 0 Å². The van der Waals surface area contributed by atoms with Gasteiger partial charge in [-0.3, -0.25) is 19.1 Å². The Hall–Kier alpha value is -4.08. The summed E-state index contributed by atoms with van der Waals surface area (Å²) in [6.07, 6.45) is -3.27. The molecule has 0 saturated heterocycles. The number of hydrogen-bond donors (Lipinski definition) is 1. The molecule has 1 amide bonds. The number of hydrogen-bond acceptors (Lipinski definition) is 3. The van der Waals surface area contributed by atoms with Gasteiger partial charge in [0.25, 0.3) is 17.4 Å². The van der Waals surface area contributed by atoms with Crippen LogP contribution in [-0.4, -0.2) is 15.5 Å². The van der Waals surface area contributed by atoms with E-state index >= 15 is 8.78 Å². The standard InChI is InChI=1S/C28H22F5N3O2/c1-16(22-6-2-3-14-34-22)35-25(37)17-7-12-23-21(15-17)24-20(5-4-13-27(24,29)30)26(38)36(23)19-10-8-18(9-11-19)28(31,32)33/h2-3,6-12,14-16H,4-5,13H2,1H3,(H,35,37)/t16-/m0/s1. The zero-order valence-electron chi connectivity index (χ0n) is 20.2. The molecular formula is C28H22F5N3O2. The Labute approximate surface area is 213 Å². The first-order chi connectivity index (χ1) is 18.0. The Morgan fingerprint density at radius 1 is 1.08 bits per heavy atom. The van der Waals surface area contributed by atoms with Crippen molar-refractivity contribution in [1.29, 1.82) is 0 Å². The van der Waals surface area contributed by atoms with Crippen molar-refractivity contribution in [2.45, 2.75) is 44.3 Å². The van der Waals surface area contributed by atoms with Crippen LogP contribution in [0.15, 0.2) is 71.7 Å². The molecule has 38 heavy (non-hydrogen) atoms. The summed E-state index contributed by atoms with van der Waals surface area (Å²) in [4.78, 5) is 30.7. The molecule has 2 heterocycles. The van der Waals surface area contributed by atoms with Crippen LogP contribution in [0.5, 0.6) is 0 Å². The highest BCUT2D eigenvalue weighted by atomic mass is 19.4. The lowest BCUT2D eigenvalue weighted by molar-refractivity contribution is -0.137. The molecule has 0 saturated carbocycles. The second-order valence-electron chi connectivity index (χ2n) is 9.28. The number of pyridine rings is 2. The SMILES string of the molecule is C[C@H](NC(=O)c1ccc2c(c1)c1c(c(=O)n2-c2ccc(C(F)(F)F)cc2)CCCC1(F)F)c1ccccn1. The van der Waals surface area contributed by atoms with Gasteiger partial charge < -0.3 is 5.32 Å². The van der Waals surface area contributed by atoms with Crippen molar-refractivity contribution < 1.29 is 26.7 Å². The Bertz CT molecular complexity index is 1580. The molecule has 5 nitrogen and oxygen atoms in total. The van der Waals surface area contributed by atoms with Gasteiger partial charge in [-0.25, -0.2) is 8.78 Å². The minimum atomic E-state index is -4.57. The second kappa shape index (κ2) is 9.34. The van der Waals surface area contributed by atoms with E-state index in [9.17, 15) is 22.8 Å². The lowest BCUT2D eigenvalue weighted by Crippen LogP contribution is -2.32. The lowest BCUT2D eigenvalue weighted by atomic mass is 9.86. The van der Waals surface area contributed by atoms with E-state index in [1.54, 1.807) is 31.3 Å². The maximum absolute atomic E-state index is 15.2. The molecule has 196 valence electrons. The number of nitrogens with zero attached hydrogens (tertiary/aromatic N) is 2. The van der Waals surface area contributed by atoms with Gasteiger partial charge in [0.2, 0.25) is 0 Å². The molecule has 0 aliphatic heterocycles. The molecule has 1 N–H and O–H groups in total. The molecule has 0 bridgehead atoms. The number of fused-ring (bicyclic) bond motifs is 3. The predicted octanol–water partition coefficient (Wildman–Crippen LogP) is 6.32. The van der Waals surface area contributed by atoms with Gasteiger partial charge in [-0.05, 0) is 74.4 Å². The topological polar surface area (TPSA) is 64.0 Å². The van der Waals surface area contributed by atoms with Gasteiger partial charge in [0, 0.05) is 40.4 Å². The summed E-state index contributed by atoms with van der Waals surface area (Å²) in [6, 6.07) is 12.8. The zero-order chi connectivity index (χ0) is 27.2. The van der Waals surface area contributed by atoms with Crippen LogP contribution < -0.4 is 10.9 Å². The maximum Gasteiger partial charge on any atom is 0.416 e. The summed E-state index contributed by atoms with van der Waals surface area (Å²) in [7, 11) is 0. The molecule has 1 aliphatic carbocycles. The largest absolute Gasteiger partial charge is 0.416 e. The minimum Gasteiger partial charge on any atom is -0.344 e. The van der Waals surface area contributed by atoms with E-state index in [-0.39, 0.29) is 40.6 Å². The Balaban J connectivity index is 1.66. The highest BCUT2D eigenvalue weighted by Crippen LogP contribution is 2.43. The fourth-order valence-electron chi connectivity index (χ4n) is 4.89. The first kappa shape index (κ1) is 25.6. The highest BCUT2D eigenvalue weighted by molar-refractivity contribution is 5.99. The van der Waals surface area contributed by atoms with Gasteiger partial charge in [0.15, 0.2) is 0 Å². The second-order valence-corrected chi connectivity index (χ2v) is 9.28. The number of alkyl halides is 5. The normalized spacial score (nSPS) is 15.6. The van der Waals surface area contributed by atoms with Crippen LogP contribution >= 0.6 is 0 Å². The Morgan fingerprint density at radius 2 is 1.82 bits per heavy atom. The molecule has 5 rings (SSSR count). The average Bonchev–Trinajstić information content (AvgIpc) is 2.88. The van der Waals surface area contributed by atoms with Crippen LogP contribution in [0.2, 0.25) is 0 Å². The van der Waals surface area contributed by atoms with Crippen molar-refractivity contribution in [3.05, 3.63) is 105 Å². The zero-order valence-corrected chi connectivity index (χ0v) is 20.2. The van der Waals surface area contributed by atoms with Crippen molar-refractivity contribution in [2.75, 3.05) is 0 Å². The summed E-state index contributed by atoms with van der Waals surface area (Å²) in [6.45, 7) is 1.74. The van der Waals surface area contributed by atoms with Crippen LogP contribution in [0.25, 0.3) is 16.6 Å². The third kappa shape index (κ3) is 4.55. The molecule has 4 aromatic rings. The number of carbonyl (C=O) groups is 1. The monoisotopic (exact) mass is 527 g/mol. The van der Waals surface area contributed by atoms with Crippen molar-refractivity contribution in [3.8, 4) is 5.69 Å². The summed E-state index contributed by atoms with van der Waals surface area (Å²) in [5.41, 5.74) is -1.26. The summed E-state index contributed by atoms with van der Waals surface area (Å²) >= 11 is 0. The van der Waals surface area contributed by atoms with Gasteiger partial charge in [-0.2, -0.15) is 13.2 Å². The third-order valence-corrected chi connectivity index (χ3v) is 6.75. The first-order valence-corrected chi connectivity index (χ1v) is 12.0. The third-order valence-electron chi connectivity index (χ3n) is 6.75. The maximum atomic E-state index is 15.2. The molecule has 10 heteroatoms. The van der Waals surface area contributed by atoms with Crippen molar-refractivity contribution in [2.24, 2.45) is 0 Å². The molecule has 0 spiro atoms. The Kier molecular flexibility index (Phi) is 6.28. The van der Waals surface area contributed by atoms with Gasteiger partial charge in [0.05, 0.1) is 22.8 Å². The van der Waals surface area contributed by atoms with Crippen LogP contribution in [-0.2, 0) is 18.5 Å². The van der Waals surface area contributed by atoms with Gasteiger partial charge in [-0.15, -0.1) is 0 Å². The van der Waals surface area contributed by atoms with E-state index in [2.05, 4.69) is 10.3 Å². The van der Waals surface area contributed by atoms with E-state index in [1.165, 1.54) is 18.2 Å². The van der Waals surface area contributed by atoms with Crippen LogP contribution in [0.3, 0.4) is 0 Å². The molecular weight excluding hydrogens is 505 g/mol. The number of carbonyl (C=O) groups excluding carboxylic acids is 1. The van der Waals surface area contributed by atoms with Crippen LogP contribution in [0.4, 0.5) is 22.0 Å². The van der Waals surface area contributed by atoms with E-state index in [4.69, 9.17) is 0 Å². The molecule has 1 atom stereocenters. The minimum absolute atomic E-state index is 0.00216. The molecule has 0 radical (unpaired) electrons. The fourth-order valence-corrected chi connectivity index (χ4v) is 4.89. The first-order valence-electron chi connectivity index (χ1n) is 12.0. The van der Waals surface area contributed by atoms with E-state index in [1.807, 2.05) is 0 Å². The number of rotatable bonds is 4. The molecule has 0 unspecified atom stereocenters. The van der Waals surface area contributed by atoms with E-state index in [0.29, 0.717) is 5.69 Å². The summed E-state index contributed by atoms with van der Waals surface area (Å²) in [5, 5.41) is 2.79. The fraction of sp³-hybridized carbons (Fsp3) is 0.250. The number of nitrogens with one attached hydrogen (secondary N) is 1. The average molecular weight is 527 g/mol.